The summed E-state index contributed by atoms with van der Waals surface area (Å²) in [5.41, 5.74) is 10.8. The first-order chi connectivity index (χ1) is 24.3. The van der Waals surface area contributed by atoms with Crippen LogP contribution in [-0.4, -0.2) is 12.1 Å². The van der Waals surface area contributed by atoms with E-state index >= 15 is 0 Å². The van der Waals surface area contributed by atoms with Crippen LogP contribution < -0.4 is 9.64 Å². The summed E-state index contributed by atoms with van der Waals surface area (Å²) in [6, 6.07) is 16.9. The van der Waals surface area contributed by atoms with Crippen molar-refractivity contribution < 1.29 is 4.74 Å². The van der Waals surface area contributed by atoms with Crippen molar-refractivity contribution >= 4 is 5.69 Å². The summed E-state index contributed by atoms with van der Waals surface area (Å²) in [5.74, 6) is 4.71. The number of rotatable bonds is 3. The van der Waals surface area contributed by atoms with Crippen LogP contribution in [0.15, 0.2) is 138 Å². The van der Waals surface area contributed by atoms with Gasteiger partial charge in [-0.05, 0) is 115 Å². The second kappa shape index (κ2) is 11.0. The fourth-order valence-electron chi connectivity index (χ4n) is 12.7. The Morgan fingerprint density at radius 3 is 2.61 bits per heavy atom. The first kappa shape index (κ1) is 28.8. The zero-order valence-corrected chi connectivity index (χ0v) is 28.5. The normalized spacial score (nSPS) is 38.3. The number of benzene rings is 2. The monoisotopic (exact) mass is 641 g/mol. The lowest BCUT2D eigenvalue weighted by atomic mass is 9.58. The van der Waals surface area contributed by atoms with Crippen molar-refractivity contribution in [3.63, 3.8) is 0 Å². The van der Waals surface area contributed by atoms with Crippen LogP contribution >= 0.6 is 0 Å². The van der Waals surface area contributed by atoms with E-state index < -0.39 is 0 Å². The first-order valence-electron chi connectivity index (χ1n) is 19.5. The van der Waals surface area contributed by atoms with Crippen LogP contribution in [0.3, 0.4) is 0 Å². The summed E-state index contributed by atoms with van der Waals surface area (Å²) >= 11 is 0. The molecular weight excluding hydrogens is 595 g/mol. The van der Waals surface area contributed by atoms with Crippen LogP contribution in [0.2, 0.25) is 0 Å². The summed E-state index contributed by atoms with van der Waals surface area (Å²) in [5, 5.41) is 0. The van der Waals surface area contributed by atoms with E-state index in [2.05, 4.69) is 126 Å². The van der Waals surface area contributed by atoms with Crippen molar-refractivity contribution in [1.82, 2.24) is 0 Å². The summed E-state index contributed by atoms with van der Waals surface area (Å²) in [6.07, 6.45) is 43.5. The number of hydrogen-bond acceptors (Lipinski definition) is 2. The van der Waals surface area contributed by atoms with Crippen molar-refractivity contribution in [2.24, 2.45) is 29.6 Å². The molecule has 0 radical (unpaired) electrons. The molecule has 2 aromatic rings. The van der Waals surface area contributed by atoms with Crippen molar-refractivity contribution in [2.75, 3.05) is 4.90 Å². The Morgan fingerprint density at radius 1 is 0.755 bits per heavy atom. The Morgan fingerprint density at radius 2 is 1.63 bits per heavy atom. The zero-order valence-electron chi connectivity index (χ0n) is 28.5. The van der Waals surface area contributed by atoms with E-state index in [-0.39, 0.29) is 5.41 Å². The molecule has 2 saturated carbocycles. The first-order valence-corrected chi connectivity index (χ1v) is 19.5. The van der Waals surface area contributed by atoms with Gasteiger partial charge < -0.3 is 9.64 Å². The van der Waals surface area contributed by atoms with E-state index in [9.17, 15) is 0 Å². The maximum Gasteiger partial charge on any atom is 0.125 e. The van der Waals surface area contributed by atoms with Gasteiger partial charge in [-0.1, -0.05) is 116 Å². The molecule has 9 aliphatic rings. The molecule has 0 aromatic heterocycles. The molecule has 8 aliphatic carbocycles. The third-order valence-corrected chi connectivity index (χ3v) is 14.3. The van der Waals surface area contributed by atoms with Crippen LogP contribution in [0.4, 0.5) is 5.69 Å². The number of allylic oxidation sites excluding steroid dienone is 14. The molecule has 0 N–H and O–H groups in total. The van der Waals surface area contributed by atoms with Crippen LogP contribution in [-0.2, 0) is 5.41 Å². The molecule has 2 fully saturated rings. The van der Waals surface area contributed by atoms with Gasteiger partial charge >= 0.3 is 0 Å². The van der Waals surface area contributed by atoms with Gasteiger partial charge in [0.2, 0.25) is 0 Å². The minimum atomic E-state index is 0.0724. The van der Waals surface area contributed by atoms with E-state index in [0.717, 1.165) is 25.0 Å². The number of ether oxygens (including phenoxy) is 1. The van der Waals surface area contributed by atoms with Gasteiger partial charge in [-0.15, -0.1) is 0 Å². The van der Waals surface area contributed by atoms with E-state index in [4.69, 9.17) is 4.74 Å². The van der Waals surface area contributed by atoms with E-state index in [1.807, 2.05) is 0 Å². The van der Waals surface area contributed by atoms with Gasteiger partial charge in [-0.2, -0.15) is 0 Å². The highest BCUT2D eigenvalue weighted by Crippen LogP contribution is 2.70. The molecule has 10 unspecified atom stereocenters. The van der Waals surface area contributed by atoms with Crippen LogP contribution in [0.5, 0.6) is 5.75 Å². The maximum atomic E-state index is 6.77. The molecule has 246 valence electrons. The van der Waals surface area contributed by atoms with Gasteiger partial charge in [0.25, 0.3) is 0 Å². The molecule has 0 saturated heterocycles. The molecular formula is C47H47NO. The van der Waals surface area contributed by atoms with Crippen molar-refractivity contribution in [2.45, 2.75) is 87.2 Å². The lowest BCUT2D eigenvalue weighted by Gasteiger charge is -2.48. The van der Waals surface area contributed by atoms with Gasteiger partial charge in [0.1, 0.15) is 11.9 Å². The topological polar surface area (TPSA) is 12.5 Å². The minimum Gasteiger partial charge on any atom is -0.489 e. The number of anilines is 1. The predicted octanol–water partition coefficient (Wildman–Crippen LogP) is 10.9. The molecule has 0 bridgehead atoms. The smallest absolute Gasteiger partial charge is 0.125 e. The third-order valence-electron chi connectivity index (χ3n) is 14.3. The molecule has 1 aliphatic heterocycles. The van der Waals surface area contributed by atoms with Gasteiger partial charge in [0.05, 0.1) is 6.04 Å². The molecule has 2 aromatic carbocycles. The Labute approximate surface area is 292 Å². The molecule has 1 heterocycles. The van der Waals surface area contributed by atoms with Crippen molar-refractivity contribution in [1.29, 1.82) is 0 Å². The highest BCUT2D eigenvalue weighted by atomic mass is 16.5. The lowest BCUT2D eigenvalue weighted by molar-refractivity contribution is 0.164. The average molecular weight is 642 g/mol. The van der Waals surface area contributed by atoms with Gasteiger partial charge in [0.15, 0.2) is 0 Å². The summed E-state index contributed by atoms with van der Waals surface area (Å²) in [4.78, 5) is 2.86. The van der Waals surface area contributed by atoms with E-state index in [0.29, 0.717) is 53.6 Å². The highest BCUT2D eigenvalue weighted by Gasteiger charge is 2.66. The molecule has 2 nitrogen and oxygen atoms in total. The maximum absolute atomic E-state index is 6.77. The van der Waals surface area contributed by atoms with Crippen LogP contribution in [0.25, 0.3) is 0 Å². The van der Waals surface area contributed by atoms with E-state index in [1.54, 1.807) is 22.3 Å². The second-order valence-corrected chi connectivity index (χ2v) is 16.3. The summed E-state index contributed by atoms with van der Waals surface area (Å²) in [6.45, 7) is 0. The molecule has 11 rings (SSSR count). The molecule has 1 spiro atoms. The third kappa shape index (κ3) is 3.95. The summed E-state index contributed by atoms with van der Waals surface area (Å²) in [7, 11) is 0. The zero-order chi connectivity index (χ0) is 32.1. The second-order valence-electron chi connectivity index (χ2n) is 16.3. The molecule has 10 atom stereocenters. The molecule has 2 heteroatoms. The van der Waals surface area contributed by atoms with E-state index in [1.165, 1.54) is 55.5 Å². The van der Waals surface area contributed by atoms with Crippen LogP contribution in [0, 0.1) is 29.6 Å². The number of fused-ring (bicyclic) bond motifs is 13. The Hall–Kier alpha value is -4.04. The average Bonchev–Trinajstić information content (AvgIpc) is 3.79. The predicted molar refractivity (Wildman–Crippen MR) is 200 cm³/mol. The molecule has 49 heavy (non-hydrogen) atoms. The van der Waals surface area contributed by atoms with Crippen molar-refractivity contribution in [3.05, 3.63) is 155 Å². The number of hydrogen-bond donors (Lipinski definition) is 0. The highest BCUT2D eigenvalue weighted by molar-refractivity contribution is 5.70. The quantitative estimate of drug-likeness (QED) is 0.309. The summed E-state index contributed by atoms with van der Waals surface area (Å²) < 4.78 is 6.77. The van der Waals surface area contributed by atoms with Crippen molar-refractivity contribution in [3.8, 4) is 5.75 Å². The fourth-order valence-corrected chi connectivity index (χ4v) is 12.7. The van der Waals surface area contributed by atoms with Gasteiger partial charge in [0, 0.05) is 34.2 Å². The van der Waals surface area contributed by atoms with Crippen LogP contribution in [0.1, 0.15) is 86.3 Å². The minimum absolute atomic E-state index is 0.0724. The standard InChI is InChI=1S/C47H47NO/c1-2-15-32-30(13-1)14-11-23-42(32)48(43-24-12-26-45-46(43)37-19-6-10-25-44(37)49-45)31-27-28-36-35-18-5-9-22-40(35)47(41(36)29-31)38-20-7-3-16-33(38)34-17-4-8-21-39(34)47/h1,3-5,7-9,12-13,16-18,20-24,26-28,31,33,35-38,40-41,44H,2,6,10-11,14-15,19,25,29H2. The Kier molecular flexibility index (Phi) is 6.45. The van der Waals surface area contributed by atoms with Gasteiger partial charge in [-0.3, -0.25) is 0 Å². The number of nitrogens with zero attached hydrogens (tertiary/aromatic N) is 1. The van der Waals surface area contributed by atoms with Gasteiger partial charge in [-0.25, -0.2) is 0 Å². The Bertz CT molecular complexity index is 1960. The lowest BCUT2D eigenvalue weighted by Crippen LogP contribution is -2.47. The largest absolute Gasteiger partial charge is 0.489 e. The molecule has 0 amide bonds. The Balaban J connectivity index is 1.09. The fraction of sp³-hybridized carbons (Fsp3) is 0.404. The SMILES string of the molecule is C1=CC2c3ccccc3C3(C2C=C1)C1C=CC=CC1C1C=CC(N(C2=CCCC4=C2CCC=C4)c2cccc4c2C2CCCCC2O4)CC13.